The van der Waals surface area contributed by atoms with Crippen LogP contribution < -0.4 is 14.4 Å². The zero-order valence-electron chi connectivity index (χ0n) is 13.7. The molecule has 2 aromatic carbocycles. The van der Waals surface area contributed by atoms with Gasteiger partial charge in [0, 0.05) is 36.9 Å². The molecule has 0 spiro atoms. The maximum Gasteiger partial charge on any atom is 0.267 e. The van der Waals surface area contributed by atoms with Gasteiger partial charge in [-0.1, -0.05) is 29.8 Å². The minimum Gasteiger partial charge on any atom is -0.485 e. The predicted molar refractivity (Wildman–Crippen MR) is 96.6 cm³/mol. The summed E-state index contributed by atoms with van der Waals surface area (Å²) in [5.74, 6) is 1.31. The van der Waals surface area contributed by atoms with Crippen LogP contribution in [0.15, 0.2) is 48.5 Å². The van der Waals surface area contributed by atoms with Gasteiger partial charge in [-0.15, -0.1) is 0 Å². The number of fused-ring (bicyclic) bond motifs is 1. The van der Waals surface area contributed by atoms with E-state index in [9.17, 15) is 4.79 Å². The van der Waals surface area contributed by atoms with Gasteiger partial charge in [0.15, 0.2) is 11.5 Å². The summed E-state index contributed by atoms with van der Waals surface area (Å²) >= 11 is 6.06. The topological polar surface area (TPSA) is 42.0 Å². The van der Waals surface area contributed by atoms with Gasteiger partial charge in [0.25, 0.3) is 5.91 Å². The number of ether oxygens (including phenoxy) is 2. The molecule has 2 aliphatic heterocycles. The van der Waals surface area contributed by atoms with Crippen molar-refractivity contribution in [3.63, 3.8) is 0 Å². The number of carbonyl (C=O) groups is 1. The Hall–Kier alpha value is -2.40. The van der Waals surface area contributed by atoms with E-state index in [1.807, 2.05) is 53.4 Å². The average Bonchev–Trinajstić information content (AvgIpc) is 2.67. The van der Waals surface area contributed by atoms with Gasteiger partial charge in [0.05, 0.1) is 0 Å². The maximum atomic E-state index is 12.7. The number of piperazine rings is 1. The molecule has 5 nitrogen and oxygen atoms in total. The number of anilines is 1. The van der Waals surface area contributed by atoms with Crippen LogP contribution in [0.5, 0.6) is 11.5 Å². The summed E-state index contributed by atoms with van der Waals surface area (Å²) in [4.78, 5) is 16.8. The molecule has 0 unspecified atom stereocenters. The standard InChI is InChI=1S/C19H19ClN2O3/c20-14-4-3-5-15(12-14)21-8-10-22(11-9-21)19(23)18-13-24-16-6-1-2-7-17(16)25-18/h1-7,12,18H,8-11,13H2/t18-/m0/s1. The molecule has 2 heterocycles. The highest BCUT2D eigenvalue weighted by Crippen LogP contribution is 2.31. The highest BCUT2D eigenvalue weighted by Gasteiger charge is 2.32. The molecule has 1 saturated heterocycles. The smallest absolute Gasteiger partial charge is 0.267 e. The molecule has 0 N–H and O–H groups in total. The number of hydrogen-bond acceptors (Lipinski definition) is 4. The van der Waals surface area contributed by atoms with E-state index in [-0.39, 0.29) is 12.5 Å². The summed E-state index contributed by atoms with van der Waals surface area (Å²) < 4.78 is 11.5. The normalized spacial score (nSPS) is 19.6. The first kappa shape index (κ1) is 16.1. The van der Waals surface area contributed by atoms with E-state index in [1.54, 1.807) is 0 Å². The number of benzene rings is 2. The first-order valence-electron chi connectivity index (χ1n) is 8.38. The molecule has 1 atom stereocenters. The van der Waals surface area contributed by atoms with E-state index in [0.717, 1.165) is 23.8 Å². The van der Waals surface area contributed by atoms with Gasteiger partial charge >= 0.3 is 0 Å². The molecule has 130 valence electrons. The number of carbonyl (C=O) groups excluding carboxylic acids is 1. The molecular formula is C19H19ClN2O3. The van der Waals surface area contributed by atoms with E-state index in [1.165, 1.54) is 0 Å². The lowest BCUT2D eigenvalue weighted by molar-refractivity contribution is -0.141. The Balaban J connectivity index is 1.37. The third kappa shape index (κ3) is 3.37. The van der Waals surface area contributed by atoms with Crippen LogP contribution in [0.2, 0.25) is 5.02 Å². The van der Waals surface area contributed by atoms with Crippen LogP contribution >= 0.6 is 11.6 Å². The van der Waals surface area contributed by atoms with Crippen molar-refractivity contribution in [2.75, 3.05) is 37.7 Å². The van der Waals surface area contributed by atoms with Crippen molar-refractivity contribution in [1.29, 1.82) is 0 Å². The third-order valence-electron chi connectivity index (χ3n) is 4.55. The summed E-state index contributed by atoms with van der Waals surface area (Å²) in [5, 5.41) is 0.724. The van der Waals surface area contributed by atoms with Gasteiger partial charge in [-0.25, -0.2) is 0 Å². The molecule has 0 aliphatic carbocycles. The third-order valence-corrected chi connectivity index (χ3v) is 4.78. The molecule has 0 radical (unpaired) electrons. The van der Waals surface area contributed by atoms with Crippen molar-refractivity contribution in [2.45, 2.75) is 6.10 Å². The van der Waals surface area contributed by atoms with Crippen molar-refractivity contribution in [1.82, 2.24) is 4.90 Å². The lowest BCUT2D eigenvalue weighted by atomic mass is 10.2. The SMILES string of the molecule is O=C([C@@H]1COc2ccccc2O1)N1CCN(c2cccc(Cl)c2)CC1. The summed E-state index contributed by atoms with van der Waals surface area (Å²) in [6.07, 6.45) is -0.576. The molecule has 0 bridgehead atoms. The maximum absolute atomic E-state index is 12.7. The van der Waals surface area contributed by atoms with E-state index < -0.39 is 6.10 Å². The van der Waals surface area contributed by atoms with E-state index in [2.05, 4.69) is 4.90 Å². The van der Waals surface area contributed by atoms with Gasteiger partial charge in [0.2, 0.25) is 6.10 Å². The van der Waals surface area contributed by atoms with E-state index >= 15 is 0 Å². The fraction of sp³-hybridized carbons (Fsp3) is 0.316. The van der Waals surface area contributed by atoms with Gasteiger partial charge in [-0.05, 0) is 30.3 Å². The molecule has 0 saturated carbocycles. The van der Waals surface area contributed by atoms with Crippen LogP contribution in [-0.2, 0) is 4.79 Å². The molecule has 25 heavy (non-hydrogen) atoms. The lowest BCUT2D eigenvalue weighted by Gasteiger charge is -2.38. The summed E-state index contributed by atoms with van der Waals surface area (Å²) in [6.45, 7) is 3.12. The van der Waals surface area contributed by atoms with Crippen LogP contribution in [0.1, 0.15) is 0 Å². The molecular weight excluding hydrogens is 340 g/mol. The van der Waals surface area contributed by atoms with Crippen LogP contribution in [0, 0.1) is 0 Å². The molecule has 1 amide bonds. The van der Waals surface area contributed by atoms with Crippen molar-refractivity contribution in [3.05, 3.63) is 53.6 Å². The number of halogens is 1. The minimum atomic E-state index is -0.576. The number of amides is 1. The average molecular weight is 359 g/mol. The van der Waals surface area contributed by atoms with Crippen LogP contribution in [0.3, 0.4) is 0 Å². The van der Waals surface area contributed by atoms with Gasteiger partial charge in [0.1, 0.15) is 6.61 Å². The van der Waals surface area contributed by atoms with Crippen molar-refractivity contribution in [3.8, 4) is 11.5 Å². The van der Waals surface area contributed by atoms with Crippen LogP contribution in [-0.4, -0.2) is 49.7 Å². The highest BCUT2D eigenvalue weighted by molar-refractivity contribution is 6.30. The molecule has 2 aliphatic rings. The zero-order chi connectivity index (χ0) is 17.2. The monoisotopic (exact) mass is 358 g/mol. The molecule has 0 aromatic heterocycles. The van der Waals surface area contributed by atoms with Crippen LogP contribution in [0.25, 0.3) is 0 Å². The predicted octanol–water partition coefficient (Wildman–Crippen LogP) is 2.83. The Kier molecular flexibility index (Phi) is 4.40. The van der Waals surface area contributed by atoms with Gasteiger partial charge < -0.3 is 19.3 Å². The number of para-hydroxylation sites is 2. The first-order valence-corrected chi connectivity index (χ1v) is 8.76. The zero-order valence-corrected chi connectivity index (χ0v) is 14.5. The summed E-state index contributed by atoms with van der Waals surface area (Å²) in [5.41, 5.74) is 1.09. The van der Waals surface area contributed by atoms with Gasteiger partial charge in [-0.2, -0.15) is 0 Å². The van der Waals surface area contributed by atoms with Gasteiger partial charge in [-0.3, -0.25) is 4.79 Å². The summed E-state index contributed by atoms with van der Waals surface area (Å²) in [7, 11) is 0. The van der Waals surface area contributed by atoms with Crippen molar-refractivity contribution < 1.29 is 14.3 Å². The van der Waals surface area contributed by atoms with Crippen molar-refractivity contribution >= 4 is 23.2 Å². The fourth-order valence-corrected chi connectivity index (χ4v) is 3.39. The minimum absolute atomic E-state index is 0.0137. The number of rotatable bonds is 2. The molecule has 1 fully saturated rings. The Labute approximate surface area is 151 Å². The van der Waals surface area contributed by atoms with Crippen molar-refractivity contribution in [2.24, 2.45) is 0 Å². The number of nitrogens with zero attached hydrogens (tertiary/aromatic N) is 2. The second kappa shape index (κ2) is 6.84. The number of hydrogen-bond donors (Lipinski definition) is 0. The quantitative estimate of drug-likeness (QED) is 0.828. The second-order valence-corrected chi connectivity index (χ2v) is 6.59. The Morgan fingerprint density at radius 3 is 2.52 bits per heavy atom. The van der Waals surface area contributed by atoms with E-state index in [0.29, 0.717) is 24.6 Å². The molecule has 4 rings (SSSR count). The molecule has 2 aromatic rings. The summed E-state index contributed by atoms with van der Waals surface area (Å²) in [6, 6.07) is 15.2. The Morgan fingerprint density at radius 1 is 1.00 bits per heavy atom. The highest BCUT2D eigenvalue weighted by atomic mass is 35.5. The molecule has 6 heteroatoms. The first-order chi connectivity index (χ1) is 12.2. The largest absolute Gasteiger partial charge is 0.485 e. The Morgan fingerprint density at radius 2 is 1.76 bits per heavy atom. The fourth-order valence-electron chi connectivity index (χ4n) is 3.20. The lowest BCUT2D eigenvalue weighted by Crippen LogP contribution is -2.54. The van der Waals surface area contributed by atoms with E-state index in [4.69, 9.17) is 21.1 Å². The van der Waals surface area contributed by atoms with Crippen LogP contribution in [0.4, 0.5) is 5.69 Å². The Bertz CT molecular complexity index is 775. The second-order valence-electron chi connectivity index (χ2n) is 6.16.